The van der Waals surface area contributed by atoms with Gasteiger partial charge in [-0.2, -0.15) is 0 Å². The second kappa shape index (κ2) is 5.07. The van der Waals surface area contributed by atoms with Crippen LogP contribution in [0.5, 0.6) is 5.75 Å². The summed E-state index contributed by atoms with van der Waals surface area (Å²) in [5.74, 6) is 1.38. The van der Waals surface area contributed by atoms with Crippen molar-refractivity contribution in [1.82, 2.24) is 9.88 Å². The number of hydrogen-bond donors (Lipinski definition) is 1. The van der Waals surface area contributed by atoms with Crippen LogP contribution in [0.15, 0.2) is 53.7 Å². The topological polar surface area (TPSA) is 48.7 Å². The van der Waals surface area contributed by atoms with Crippen molar-refractivity contribution in [1.29, 1.82) is 0 Å². The molecule has 4 rings (SSSR count). The van der Waals surface area contributed by atoms with Crippen molar-refractivity contribution >= 4 is 16.9 Å². The number of thioether (sulfide) groups is 1. The standard InChI is InChI=1S/C16H15N3OS/c20-12-6-4-11(5-7-12)15-14(13-3-1-2-8-17-13)18-16-19(15)9-10-21-16/h1-8,14-15,20H,9-10H2/t14-,15-/m0/s1. The lowest BCUT2D eigenvalue weighted by Crippen LogP contribution is -2.27. The van der Waals surface area contributed by atoms with Crippen LogP contribution in [0, 0.1) is 0 Å². The zero-order chi connectivity index (χ0) is 14.2. The lowest BCUT2D eigenvalue weighted by molar-refractivity contribution is 0.332. The Morgan fingerprint density at radius 3 is 2.76 bits per heavy atom. The van der Waals surface area contributed by atoms with Crippen molar-refractivity contribution in [3.05, 3.63) is 59.9 Å². The molecule has 0 spiro atoms. The SMILES string of the molecule is Oc1ccc([C@H]2[C@H](c3ccccn3)N=C3SCCN32)cc1. The summed E-state index contributed by atoms with van der Waals surface area (Å²) < 4.78 is 0. The molecule has 5 heteroatoms. The maximum Gasteiger partial charge on any atom is 0.160 e. The maximum atomic E-state index is 9.51. The van der Waals surface area contributed by atoms with E-state index in [1.807, 2.05) is 48.3 Å². The van der Waals surface area contributed by atoms with Gasteiger partial charge in [0.05, 0.1) is 11.7 Å². The Kier molecular flexibility index (Phi) is 3.07. The van der Waals surface area contributed by atoms with Gasteiger partial charge < -0.3 is 10.0 Å². The minimum atomic E-state index is 0.0264. The number of nitrogens with zero attached hydrogens (tertiary/aromatic N) is 3. The van der Waals surface area contributed by atoms with Crippen molar-refractivity contribution < 1.29 is 5.11 Å². The Hall–Kier alpha value is -2.01. The molecule has 4 nitrogen and oxygen atoms in total. The Labute approximate surface area is 127 Å². The van der Waals surface area contributed by atoms with Crippen LogP contribution in [-0.2, 0) is 0 Å². The fourth-order valence-electron chi connectivity index (χ4n) is 2.96. The number of aromatic nitrogens is 1. The monoisotopic (exact) mass is 297 g/mol. The second-order valence-corrected chi connectivity index (χ2v) is 6.25. The first-order valence-corrected chi connectivity index (χ1v) is 7.98. The van der Waals surface area contributed by atoms with Crippen LogP contribution in [0.1, 0.15) is 23.3 Å². The number of aliphatic imine (C=N–C) groups is 1. The third-order valence-electron chi connectivity index (χ3n) is 3.92. The number of benzene rings is 1. The van der Waals surface area contributed by atoms with Gasteiger partial charge in [0.1, 0.15) is 11.8 Å². The Morgan fingerprint density at radius 2 is 2.00 bits per heavy atom. The molecule has 0 aliphatic carbocycles. The normalized spacial score (nSPS) is 24.0. The van der Waals surface area contributed by atoms with Crippen LogP contribution in [-0.4, -0.2) is 32.5 Å². The van der Waals surface area contributed by atoms with Gasteiger partial charge in [-0.15, -0.1) is 0 Å². The first kappa shape index (κ1) is 12.7. The number of phenolic OH excluding ortho intramolecular Hbond substituents is 1. The van der Waals surface area contributed by atoms with Crippen LogP contribution in [0.3, 0.4) is 0 Å². The fourth-order valence-corrected chi connectivity index (χ4v) is 3.99. The van der Waals surface area contributed by atoms with Crippen molar-refractivity contribution in [2.75, 3.05) is 12.3 Å². The molecule has 106 valence electrons. The quantitative estimate of drug-likeness (QED) is 0.926. The highest BCUT2D eigenvalue weighted by Gasteiger charge is 2.41. The Bertz CT molecular complexity index is 672. The third-order valence-corrected chi connectivity index (χ3v) is 4.90. The first-order valence-electron chi connectivity index (χ1n) is 7.00. The second-order valence-electron chi connectivity index (χ2n) is 5.19. The highest BCUT2D eigenvalue weighted by atomic mass is 32.2. The Morgan fingerprint density at radius 1 is 1.14 bits per heavy atom. The number of fused-ring (bicyclic) bond motifs is 1. The van der Waals surface area contributed by atoms with E-state index < -0.39 is 0 Å². The summed E-state index contributed by atoms with van der Waals surface area (Å²) in [5, 5.41) is 10.6. The summed E-state index contributed by atoms with van der Waals surface area (Å²) in [5.41, 5.74) is 2.17. The van der Waals surface area contributed by atoms with E-state index in [-0.39, 0.29) is 12.1 Å². The van der Waals surface area contributed by atoms with E-state index in [2.05, 4.69) is 9.88 Å². The number of amidine groups is 1. The summed E-state index contributed by atoms with van der Waals surface area (Å²) >= 11 is 1.81. The summed E-state index contributed by atoms with van der Waals surface area (Å²) in [4.78, 5) is 11.7. The maximum absolute atomic E-state index is 9.51. The highest BCUT2D eigenvalue weighted by Crippen LogP contribution is 2.45. The molecule has 0 amide bonds. The Balaban J connectivity index is 1.77. The van der Waals surface area contributed by atoms with E-state index in [9.17, 15) is 5.11 Å². The number of phenols is 1. The number of rotatable bonds is 2. The highest BCUT2D eigenvalue weighted by molar-refractivity contribution is 8.14. The smallest absolute Gasteiger partial charge is 0.160 e. The van der Waals surface area contributed by atoms with Gasteiger partial charge in [0, 0.05) is 18.5 Å². The molecule has 21 heavy (non-hydrogen) atoms. The van der Waals surface area contributed by atoms with Crippen molar-refractivity contribution in [2.24, 2.45) is 4.99 Å². The van der Waals surface area contributed by atoms with E-state index >= 15 is 0 Å². The van der Waals surface area contributed by atoms with Crippen molar-refractivity contribution in [3.63, 3.8) is 0 Å². The molecule has 1 N–H and O–H groups in total. The molecule has 2 atom stereocenters. The van der Waals surface area contributed by atoms with E-state index in [1.165, 1.54) is 5.56 Å². The molecule has 0 saturated carbocycles. The van der Waals surface area contributed by atoms with Gasteiger partial charge >= 0.3 is 0 Å². The average Bonchev–Trinajstić information content (AvgIpc) is 3.10. The van der Waals surface area contributed by atoms with Crippen molar-refractivity contribution in [3.8, 4) is 5.75 Å². The van der Waals surface area contributed by atoms with Gasteiger partial charge in [-0.1, -0.05) is 30.0 Å². The summed E-state index contributed by atoms with van der Waals surface area (Å²) in [6, 6.07) is 13.6. The van der Waals surface area contributed by atoms with Crippen LogP contribution in [0.2, 0.25) is 0 Å². The minimum Gasteiger partial charge on any atom is -0.508 e. The first-order chi connectivity index (χ1) is 10.3. The minimum absolute atomic E-state index is 0.0264. The van der Waals surface area contributed by atoms with Crippen LogP contribution in [0.25, 0.3) is 0 Å². The van der Waals surface area contributed by atoms with Crippen LogP contribution < -0.4 is 0 Å². The van der Waals surface area contributed by atoms with E-state index in [1.54, 1.807) is 12.1 Å². The lowest BCUT2D eigenvalue weighted by Gasteiger charge is -2.26. The molecule has 3 heterocycles. The van der Waals surface area contributed by atoms with Gasteiger partial charge in [0.2, 0.25) is 0 Å². The number of aromatic hydroxyl groups is 1. The van der Waals surface area contributed by atoms with E-state index in [4.69, 9.17) is 4.99 Å². The molecule has 2 aromatic rings. The largest absolute Gasteiger partial charge is 0.508 e. The predicted octanol–water partition coefficient (Wildman–Crippen LogP) is 2.99. The molecular formula is C16H15N3OS. The molecule has 2 aliphatic heterocycles. The van der Waals surface area contributed by atoms with Crippen LogP contribution >= 0.6 is 11.8 Å². The molecule has 0 bridgehead atoms. The van der Waals surface area contributed by atoms with E-state index in [0.29, 0.717) is 5.75 Å². The molecule has 1 fully saturated rings. The fraction of sp³-hybridized carbons (Fsp3) is 0.250. The van der Waals surface area contributed by atoms with Gasteiger partial charge in [-0.05, 0) is 29.8 Å². The van der Waals surface area contributed by atoms with Crippen LogP contribution in [0.4, 0.5) is 0 Å². The van der Waals surface area contributed by atoms with Gasteiger partial charge in [-0.25, -0.2) is 0 Å². The molecule has 1 aromatic carbocycles. The van der Waals surface area contributed by atoms with Crippen molar-refractivity contribution in [2.45, 2.75) is 12.1 Å². The average molecular weight is 297 g/mol. The predicted molar refractivity (Wildman–Crippen MR) is 84.4 cm³/mol. The summed E-state index contributed by atoms with van der Waals surface area (Å²) in [6.07, 6.45) is 1.82. The third kappa shape index (κ3) is 2.17. The molecule has 2 aliphatic rings. The lowest BCUT2D eigenvalue weighted by atomic mass is 9.96. The van der Waals surface area contributed by atoms with E-state index in [0.717, 1.165) is 23.2 Å². The number of pyridine rings is 1. The molecule has 0 radical (unpaired) electrons. The van der Waals surface area contributed by atoms with Gasteiger partial charge in [0.25, 0.3) is 0 Å². The molecule has 1 aromatic heterocycles. The van der Waals surface area contributed by atoms with Gasteiger partial charge in [0.15, 0.2) is 5.17 Å². The zero-order valence-corrected chi connectivity index (χ0v) is 12.2. The summed E-state index contributed by atoms with van der Waals surface area (Å²) in [7, 11) is 0. The summed E-state index contributed by atoms with van der Waals surface area (Å²) in [6.45, 7) is 1.01. The molecule has 1 saturated heterocycles. The molecular weight excluding hydrogens is 282 g/mol. The number of hydrogen-bond acceptors (Lipinski definition) is 5. The zero-order valence-electron chi connectivity index (χ0n) is 11.4. The van der Waals surface area contributed by atoms with Gasteiger partial charge in [-0.3, -0.25) is 9.98 Å². The molecule has 0 unspecified atom stereocenters.